The van der Waals surface area contributed by atoms with Crippen LogP contribution in [0.3, 0.4) is 0 Å². The van der Waals surface area contributed by atoms with E-state index in [1.807, 2.05) is 14.0 Å². The maximum atomic E-state index is 11.1. The van der Waals surface area contributed by atoms with Crippen LogP contribution >= 0.6 is 0 Å². The number of carbonyl (C=O) groups excluding carboxylic acids is 1. The molecule has 1 saturated heterocycles. The van der Waals surface area contributed by atoms with Crippen LogP contribution in [-0.4, -0.2) is 48.5 Å². The average molecular weight is 301 g/mol. The predicted octanol–water partition coefficient (Wildman–Crippen LogP) is -2.90. The number of carboxylic acid groups (broad SMARTS) is 1. The second kappa shape index (κ2) is 7.22. The zero-order chi connectivity index (χ0) is 14.9. The van der Waals surface area contributed by atoms with Gasteiger partial charge in [0.05, 0.1) is 16.5 Å². The standard InChI is InChI=1S/C13H17N3O4.Na/c1-9-8-14(2)5-6-15(9)10-3-4-12(16(19)20)11(7-10)13(17)18;/h3-4,7,9H,5-6,8H2,1-2H3,(H,17,18);/q;+1/p-1/t9-;/m1./s1. The van der Waals surface area contributed by atoms with Crippen molar-refractivity contribution in [1.82, 2.24) is 4.90 Å². The summed E-state index contributed by atoms with van der Waals surface area (Å²) in [5.74, 6) is -1.53. The molecule has 1 aromatic rings. The third kappa shape index (κ3) is 3.94. The maximum Gasteiger partial charge on any atom is 1.00 e. The summed E-state index contributed by atoms with van der Waals surface area (Å²) >= 11 is 0. The molecule has 0 spiro atoms. The molecule has 1 aromatic carbocycles. The fourth-order valence-corrected chi connectivity index (χ4v) is 2.55. The molecule has 1 heterocycles. The summed E-state index contributed by atoms with van der Waals surface area (Å²) in [4.78, 5) is 25.4. The van der Waals surface area contributed by atoms with Gasteiger partial charge in [-0.25, -0.2) is 0 Å². The smallest absolute Gasteiger partial charge is 0.545 e. The summed E-state index contributed by atoms with van der Waals surface area (Å²) in [5, 5.41) is 21.9. The third-order valence-electron chi connectivity index (χ3n) is 3.56. The Bertz CT molecular complexity index is 552. The van der Waals surface area contributed by atoms with E-state index >= 15 is 0 Å². The van der Waals surface area contributed by atoms with Crippen LogP contribution in [0.2, 0.25) is 0 Å². The van der Waals surface area contributed by atoms with E-state index in [4.69, 9.17) is 0 Å². The number of carboxylic acids is 1. The van der Waals surface area contributed by atoms with Crippen molar-refractivity contribution in [3.63, 3.8) is 0 Å². The summed E-state index contributed by atoms with van der Waals surface area (Å²) in [5.41, 5.74) is -0.135. The third-order valence-corrected chi connectivity index (χ3v) is 3.56. The molecule has 7 nitrogen and oxygen atoms in total. The number of hydrogen-bond acceptors (Lipinski definition) is 6. The molecule has 0 amide bonds. The zero-order valence-electron chi connectivity index (χ0n) is 12.4. The first-order chi connectivity index (χ1) is 9.40. The van der Waals surface area contributed by atoms with E-state index in [-0.39, 0.29) is 41.2 Å². The van der Waals surface area contributed by atoms with Gasteiger partial charge in [0.15, 0.2) is 0 Å². The van der Waals surface area contributed by atoms with Crippen molar-refractivity contribution in [3.8, 4) is 0 Å². The molecule has 1 atom stereocenters. The van der Waals surface area contributed by atoms with Crippen molar-refractivity contribution >= 4 is 17.3 Å². The molecule has 0 unspecified atom stereocenters. The van der Waals surface area contributed by atoms with Gasteiger partial charge in [0.2, 0.25) is 0 Å². The van der Waals surface area contributed by atoms with Crippen molar-refractivity contribution in [3.05, 3.63) is 33.9 Å². The van der Waals surface area contributed by atoms with Crippen LogP contribution in [0.5, 0.6) is 0 Å². The number of carbonyl (C=O) groups is 1. The normalized spacial score (nSPS) is 19.0. The van der Waals surface area contributed by atoms with Gasteiger partial charge in [0, 0.05) is 37.4 Å². The van der Waals surface area contributed by atoms with Crippen molar-refractivity contribution < 1.29 is 44.4 Å². The van der Waals surface area contributed by atoms with Gasteiger partial charge in [-0.2, -0.15) is 0 Å². The number of hydrogen-bond donors (Lipinski definition) is 0. The number of nitrogens with zero attached hydrogens (tertiary/aromatic N) is 3. The summed E-state index contributed by atoms with van der Waals surface area (Å²) in [6, 6.07) is 4.36. The summed E-state index contributed by atoms with van der Waals surface area (Å²) in [6.45, 7) is 4.51. The maximum absolute atomic E-state index is 11.1. The Morgan fingerprint density at radius 2 is 2.05 bits per heavy atom. The summed E-state index contributed by atoms with van der Waals surface area (Å²) in [6.07, 6.45) is 0. The van der Waals surface area contributed by atoms with Crippen molar-refractivity contribution in [1.29, 1.82) is 0 Å². The van der Waals surface area contributed by atoms with Gasteiger partial charge < -0.3 is 19.7 Å². The Hall–Kier alpha value is -1.15. The molecule has 1 aliphatic rings. The van der Waals surface area contributed by atoms with Gasteiger partial charge in [0.1, 0.15) is 0 Å². The molecule has 0 radical (unpaired) electrons. The van der Waals surface area contributed by atoms with Crippen LogP contribution in [0, 0.1) is 10.1 Å². The Labute approximate surface area is 145 Å². The van der Waals surface area contributed by atoms with Gasteiger partial charge in [-0.3, -0.25) is 10.1 Å². The fraction of sp³-hybridized carbons (Fsp3) is 0.462. The average Bonchev–Trinajstić information content (AvgIpc) is 2.37. The first-order valence-corrected chi connectivity index (χ1v) is 6.35. The second-order valence-corrected chi connectivity index (χ2v) is 5.05. The van der Waals surface area contributed by atoms with Crippen molar-refractivity contribution in [2.45, 2.75) is 13.0 Å². The summed E-state index contributed by atoms with van der Waals surface area (Å²) in [7, 11) is 2.02. The summed E-state index contributed by atoms with van der Waals surface area (Å²) < 4.78 is 0. The molecule has 0 saturated carbocycles. The Morgan fingerprint density at radius 3 is 2.57 bits per heavy atom. The molecule has 108 valence electrons. The molecule has 2 rings (SSSR count). The molecule has 1 fully saturated rings. The molecule has 0 aliphatic carbocycles. The number of piperazine rings is 1. The first kappa shape index (κ1) is 17.9. The van der Waals surface area contributed by atoms with Crippen LogP contribution in [0.15, 0.2) is 18.2 Å². The molecular weight excluding hydrogens is 285 g/mol. The van der Waals surface area contributed by atoms with E-state index in [9.17, 15) is 20.0 Å². The van der Waals surface area contributed by atoms with E-state index in [1.54, 1.807) is 6.07 Å². The minimum Gasteiger partial charge on any atom is -0.545 e. The Morgan fingerprint density at radius 1 is 1.38 bits per heavy atom. The molecule has 21 heavy (non-hydrogen) atoms. The van der Waals surface area contributed by atoms with E-state index in [2.05, 4.69) is 9.80 Å². The Kier molecular flexibility index (Phi) is 6.15. The minimum absolute atomic E-state index is 0. The van der Waals surface area contributed by atoms with Gasteiger partial charge in [-0.05, 0) is 26.1 Å². The number of rotatable bonds is 3. The fourth-order valence-electron chi connectivity index (χ4n) is 2.55. The van der Waals surface area contributed by atoms with Crippen LogP contribution in [-0.2, 0) is 0 Å². The topological polar surface area (TPSA) is 89.8 Å². The number of aromatic carboxylic acids is 1. The minimum atomic E-state index is -1.53. The molecular formula is C13H16N3NaO4. The van der Waals surface area contributed by atoms with Gasteiger partial charge >= 0.3 is 29.6 Å². The quantitative estimate of drug-likeness (QED) is 0.338. The molecule has 0 N–H and O–H groups in total. The molecule has 0 aromatic heterocycles. The van der Waals surface area contributed by atoms with Gasteiger partial charge in [0.25, 0.3) is 5.69 Å². The van der Waals surface area contributed by atoms with Crippen LogP contribution in [0.4, 0.5) is 11.4 Å². The van der Waals surface area contributed by atoms with E-state index < -0.39 is 16.6 Å². The largest absolute Gasteiger partial charge is 1.00 e. The van der Waals surface area contributed by atoms with Crippen LogP contribution < -0.4 is 39.6 Å². The first-order valence-electron chi connectivity index (χ1n) is 6.35. The Balaban J connectivity index is 0.00000220. The van der Waals surface area contributed by atoms with E-state index in [0.29, 0.717) is 5.69 Å². The van der Waals surface area contributed by atoms with Gasteiger partial charge in [-0.15, -0.1) is 0 Å². The molecule has 1 aliphatic heterocycles. The monoisotopic (exact) mass is 301 g/mol. The number of anilines is 1. The second-order valence-electron chi connectivity index (χ2n) is 5.05. The van der Waals surface area contributed by atoms with E-state index in [1.165, 1.54) is 12.1 Å². The number of nitro benzene ring substituents is 1. The van der Waals surface area contributed by atoms with Crippen molar-refractivity contribution in [2.24, 2.45) is 0 Å². The molecule has 0 bridgehead atoms. The number of likely N-dealkylation sites (N-methyl/N-ethyl adjacent to an activating group) is 1. The van der Waals surface area contributed by atoms with Crippen LogP contribution in [0.25, 0.3) is 0 Å². The van der Waals surface area contributed by atoms with Crippen LogP contribution in [0.1, 0.15) is 17.3 Å². The van der Waals surface area contributed by atoms with Crippen molar-refractivity contribution in [2.75, 3.05) is 31.6 Å². The molecule has 8 heteroatoms. The predicted molar refractivity (Wildman–Crippen MR) is 71.7 cm³/mol. The number of nitro groups is 1. The SMILES string of the molecule is C[C@@H]1CN(C)CCN1c1ccc([N+](=O)[O-])c(C(=O)[O-])c1.[Na+]. The number of benzene rings is 1. The van der Waals surface area contributed by atoms with Gasteiger partial charge in [-0.1, -0.05) is 0 Å². The van der Waals surface area contributed by atoms with E-state index in [0.717, 1.165) is 19.6 Å². The zero-order valence-corrected chi connectivity index (χ0v) is 14.4.